The highest BCUT2D eigenvalue weighted by molar-refractivity contribution is 6.31. The first kappa shape index (κ1) is 23.9. The first-order valence-electron chi connectivity index (χ1n) is 12.5. The van der Waals surface area contributed by atoms with E-state index in [9.17, 15) is 4.79 Å². The Bertz CT molecular complexity index is 1020. The maximum absolute atomic E-state index is 12.6. The molecular formula is C27H34Cl2N4O. The number of urea groups is 1. The summed E-state index contributed by atoms with van der Waals surface area (Å²) in [5.74, 6) is 0.346. The standard InChI is InChI=1S/C27H34Cl2N4O/c1-19(2)33-16-15-32(27(33)34)14-11-30-9-12-31(13-10-30)26-18-24(20-3-5-21(28)6-4-20)25-17-22(29)7-8-23(25)26/h3-8,17,19,24,26H,9-16,18H2,1-2H3/t24-,26+/m1/s1. The normalized spacial score (nSPS) is 23.9. The van der Waals surface area contributed by atoms with Crippen molar-refractivity contribution in [2.45, 2.75) is 38.3 Å². The summed E-state index contributed by atoms with van der Waals surface area (Å²) in [7, 11) is 0. The van der Waals surface area contributed by atoms with Crippen molar-refractivity contribution in [1.29, 1.82) is 0 Å². The Kier molecular flexibility index (Phi) is 7.08. The van der Waals surface area contributed by atoms with Gasteiger partial charge in [-0.2, -0.15) is 0 Å². The van der Waals surface area contributed by atoms with Crippen molar-refractivity contribution in [1.82, 2.24) is 19.6 Å². The quantitative estimate of drug-likeness (QED) is 0.536. The van der Waals surface area contributed by atoms with Crippen LogP contribution in [0.4, 0.5) is 4.79 Å². The number of hydrogen-bond acceptors (Lipinski definition) is 3. The van der Waals surface area contributed by atoms with Crippen LogP contribution >= 0.6 is 23.2 Å². The predicted molar refractivity (Wildman–Crippen MR) is 139 cm³/mol. The number of halogens is 2. The Morgan fingerprint density at radius 2 is 1.56 bits per heavy atom. The molecule has 1 aliphatic carbocycles. The second kappa shape index (κ2) is 10.1. The van der Waals surface area contributed by atoms with Crippen molar-refractivity contribution >= 4 is 29.2 Å². The van der Waals surface area contributed by atoms with Gasteiger partial charge in [0, 0.05) is 80.4 Å². The maximum atomic E-state index is 12.6. The molecule has 0 aromatic heterocycles. The molecule has 2 aromatic rings. The lowest BCUT2D eigenvalue weighted by molar-refractivity contribution is 0.0900. The van der Waals surface area contributed by atoms with Crippen molar-refractivity contribution in [2.75, 3.05) is 52.4 Å². The van der Waals surface area contributed by atoms with E-state index in [1.165, 1.54) is 16.7 Å². The van der Waals surface area contributed by atoms with Crippen molar-refractivity contribution in [3.63, 3.8) is 0 Å². The zero-order chi connectivity index (χ0) is 23.8. The number of amides is 2. The molecule has 2 saturated heterocycles. The summed E-state index contributed by atoms with van der Waals surface area (Å²) in [6, 6.07) is 15.6. The van der Waals surface area contributed by atoms with Crippen LogP contribution in [-0.4, -0.2) is 84.0 Å². The van der Waals surface area contributed by atoms with Crippen LogP contribution in [0.2, 0.25) is 10.0 Å². The molecular weight excluding hydrogens is 467 g/mol. The summed E-state index contributed by atoms with van der Waals surface area (Å²) in [6.45, 7) is 11.8. The number of benzene rings is 2. The molecule has 3 aliphatic rings. The molecule has 2 aliphatic heterocycles. The molecule has 2 heterocycles. The Morgan fingerprint density at radius 1 is 0.853 bits per heavy atom. The third kappa shape index (κ3) is 4.81. The molecule has 2 atom stereocenters. The van der Waals surface area contributed by atoms with Crippen molar-refractivity contribution < 1.29 is 4.79 Å². The fourth-order valence-corrected chi connectivity index (χ4v) is 6.14. The van der Waals surface area contributed by atoms with E-state index in [0.29, 0.717) is 12.0 Å². The zero-order valence-electron chi connectivity index (χ0n) is 20.1. The summed E-state index contributed by atoms with van der Waals surface area (Å²) in [6.07, 6.45) is 1.07. The van der Waals surface area contributed by atoms with Gasteiger partial charge in [0.15, 0.2) is 0 Å². The number of carbonyl (C=O) groups excluding carboxylic acids is 1. The number of rotatable bonds is 6. The van der Waals surface area contributed by atoms with E-state index in [4.69, 9.17) is 23.2 Å². The van der Waals surface area contributed by atoms with Gasteiger partial charge in [-0.3, -0.25) is 9.80 Å². The summed E-state index contributed by atoms with van der Waals surface area (Å²) in [5, 5.41) is 1.57. The van der Waals surface area contributed by atoms with E-state index >= 15 is 0 Å². The van der Waals surface area contributed by atoms with E-state index in [0.717, 1.165) is 68.8 Å². The molecule has 2 fully saturated rings. The van der Waals surface area contributed by atoms with E-state index in [1.54, 1.807) is 0 Å². The number of fused-ring (bicyclic) bond motifs is 1. The minimum absolute atomic E-state index is 0.197. The van der Waals surface area contributed by atoms with Crippen LogP contribution in [-0.2, 0) is 0 Å². The van der Waals surface area contributed by atoms with E-state index in [1.807, 2.05) is 28.0 Å². The summed E-state index contributed by atoms with van der Waals surface area (Å²) < 4.78 is 0. The molecule has 0 bridgehead atoms. The molecule has 5 nitrogen and oxygen atoms in total. The third-order valence-corrected chi connectivity index (χ3v) is 8.29. The van der Waals surface area contributed by atoms with Gasteiger partial charge in [0.2, 0.25) is 0 Å². The minimum Gasteiger partial charge on any atom is -0.322 e. The highest BCUT2D eigenvalue weighted by atomic mass is 35.5. The van der Waals surface area contributed by atoms with Crippen LogP contribution in [0.1, 0.15) is 48.9 Å². The van der Waals surface area contributed by atoms with Gasteiger partial charge in [-0.05, 0) is 61.2 Å². The van der Waals surface area contributed by atoms with E-state index in [-0.39, 0.29) is 12.1 Å². The SMILES string of the molecule is CC(C)N1CCN(CCN2CCN([C@H]3C[C@H](c4ccc(Cl)cc4)c4cc(Cl)ccc43)CC2)C1=O. The Balaban J connectivity index is 1.20. The van der Waals surface area contributed by atoms with Gasteiger partial charge in [-0.15, -0.1) is 0 Å². The fraction of sp³-hybridized carbons (Fsp3) is 0.519. The van der Waals surface area contributed by atoms with Gasteiger partial charge in [-0.25, -0.2) is 4.79 Å². The van der Waals surface area contributed by atoms with Gasteiger partial charge in [0.1, 0.15) is 0 Å². The monoisotopic (exact) mass is 500 g/mol. The molecule has 5 rings (SSSR count). The highest BCUT2D eigenvalue weighted by Gasteiger charge is 2.37. The number of hydrogen-bond donors (Lipinski definition) is 0. The second-order valence-corrected chi connectivity index (χ2v) is 10.9. The average Bonchev–Trinajstić information content (AvgIpc) is 3.39. The second-order valence-electron chi connectivity index (χ2n) is 10.1. The summed E-state index contributed by atoms with van der Waals surface area (Å²) in [5.41, 5.74) is 4.07. The third-order valence-electron chi connectivity index (χ3n) is 7.80. The first-order valence-corrected chi connectivity index (χ1v) is 13.2. The molecule has 2 aromatic carbocycles. The van der Waals surface area contributed by atoms with Crippen molar-refractivity contribution in [2.24, 2.45) is 0 Å². The Morgan fingerprint density at radius 3 is 2.24 bits per heavy atom. The zero-order valence-corrected chi connectivity index (χ0v) is 21.6. The molecule has 0 unspecified atom stereocenters. The van der Waals surface area contributed by atoms with Crippen LogP contribution in [0.25, 0.3) is 0 Å². The lowest BCUT2D eigenvalue weighted by Crippen LogP contribution is -2.49. The lowest BCUT2D eigenvalue weighted by atomic mass is 9.93. The number of carbonyl (C=O) groups is 1. The molecule has 34 heavy (non-hydrogen) atoms. The van der Waals surface area contributed by atoms with Crippen LogP contribution in [0, 0.1) is 0 Å². The summed E-state index contributed by atoms with van der Waals surface area (Å²) in [4.78, 5) is 21.7. The predicted octanol–water partition coefficient (Wildman–Crippen LogP) is 5.33. The smallest absolute Gasteiger partial charge is 0.320 e. The van der Waals surface area contributed by atoms with E-state index < -0.39 is 0 Å². The molecule has 7 heteroatoms. The molecule has 0 N–H and O–H groups in total. The average molecular weight is 502 g/mol. The topological polar surface area (TPSA) is 30.0 Å². The van der Waals surface area contributed by atoms with Gasteiger partial charge in [-0.1, -0.05) is 41.4 Å². The van der Waals surface area contributed by atoms with Gasteiger partial charge in [0.05, 0.1) is 0 Å². The first-order chi connectivity index (χ1) is 16.4. The van der Waals surface area contributed by atoms with Crippen molar-refractivity contribution in [3.8, 4) is 0 Å². The van der Waals surface area contributed by atoms with Crippen LogP contribution in [0.3, 0.4) is 0 Å². The molecule has 182 valence electrons. The molecule has 0 saturated carbocycles. The van der Waals surface area contributed by atoms with Crippen LogP contribution in [0.5, 0.6) is 0 Å². The van der Waals surface area contributed by atoms with E-state index in [2.05, 4.69) is 47.9 Å². The van der Waals surface area contributed by atoms with Crippen LogP contribution in [0.15, 0.2) is 42.5 Å². The molecule has 2 amide bonds. The maximum Gasteiger partial charge on any atom is 0.320 e. The minimum atomic E-state index is 0.197. The number of nitrogens with zero attached hydrogens (tertiary/aromatic N) is 4. The number of piperazine rings is 1. The lowest BCUT2D eigenvalue weighted by Gasteiger charge is -2.39. The van der Waals surface area contributed by atoms with Gasteiger partial charge in [0.25, 0.3) is 0 Å². The van der Waals surface area contributed by atoms with Crippen molar-refractivity contribution in [3.05, 3.63) is 69.2 Å². The largest absolute Gasteiger partial charge is 0.322 e. The molecule has 0 radical (unpaired) electrons. The highest BCUT2D eigenvalue weighted by Crippen LogP contribution is 2.47. The Labute approximate surface area is 213 Å². The van der Waals surface area contributed by atoms with Gasteiger partial charge < -0.3 is 9.80 Å². The van der Waals surface area contributed by atoms with Crippen LogP contribution < -0.4 is 0 Å². The molecule has 0 spiro atoms. The fourth-order valence-electron chi connectivity index (χ4n) is 5.83. The van der Waals surface area contributed by atoms with Gasteiger partial charge >= 0.3 is 6.03 Å². The Hall–Kier alpha value is -1.79. The summed E-state index contributed by atoms with van der Waals surface area (Å²) >= 11 is 12.6.